The van der Waals surface area contributed by atoms with E-state index < -0.39 is 0 Å². The van der Waals surface area contributed by atoms with Crippen LogP contribution in [-0.2, 0) is 0 Å². The Kier molecular flexibility index (Phi) is 5.75. The summed E-state index contributed by atoms with van der Waals surface area (Å²) in [5.74, 6) is 2.73. The fourth-order valence-corrected chi connectivity index (χ4v) is 2.36. The van der Waals surface area contributed by atoms with Gasteiger partial charge in [-0.2, -0.15) is 0 Å². The number of rotatable bonds is 4. The second-order valence-corrected chi connectivity index (χ2v) is 4.52. The van der Waals surface area contributed by atoms with E-state index in [0.717, 1.165) is 18.9 Å². The Hall–Kier alpha value is -0.520. The number of terminal acetylenes is 1. The first-order valence-electron chi connectivity index (χ1n) is 6.14. The Morgan fingerprint density at radius 1 is 1.40 bits per heavy atom. The van der Waals surface area contributed by atoms with Crippen LogP contribution in [0.1, 0.15) is 32.6 Å². The van der Waals surface area contributed by atoms with E-state index in [4.69, 9.17) is 6.42 Å². The van der Waals surface area contributed by atoms with Crippen molar-refractivity contribution in [1.29, 1.82) is 0 Å². The normalized spacial score (nSPS) is 24.7. The lowest BCUT2D eigenvalue weighted by Crippen LogP contribution is -2.40. The smallest absolute Gasteiger partial charge is 0.0220 e. The Morgan fingerprint density at radius 3 is 2.87 bits per heavy atom. The second-order valence-electron chi connectivity index (χ2n) is 4.52. The lowest BCUT2D eigenvalue weighted by molar-refractivity contribution is 0.182. The third-order valence-corrected chi connectivity index (χ3v) is 3.26. The SMILES string of the molecule is C#CCCCN1CCCN(C)CC1CC. The van der Waals surface area contributed by atoms with Crippen LogP contribution < -0.4 is 0 Å². The molecule has 1 unspecified atom stereocenters. The monoisotopic (exact) mass is 208 g/mol. The summed E-state index contributed by atoms with van der Waals surface area (Å²) in [4.78, 5) is 5.08. The first-order chi connectivity index (χ1) is 7.27. The quantitative estimate of drug-likeness (QED) is 0.513. The zero-order valence-corrected chi connectivity index (χ0v) is 10.2. The highest BCUT2D eigenvalue weighted by Gasteiger charge is 2.20. The third kappa shape index (κ3) is 4.24. The standard InChI is InChI=1S/C13H24N2/c1-4-6-7-10-15-11-8-9-14(3)12-13(15)5-2/h1,13H,5-12H2,2-3H3. The maximum absolute atomic E-state index is 5.29. The molecule has 1 saturated heterocycles. The summed E-state index contributed by atoms with van der Waals surface area (Å²) in [7, 11) is 2.23. The molecule has 0 aromatic heterocycles. The zero-order valence-electron chi connectivity index (χ0n) is 10.2. The molecule has 15 heavy (non-hydrogen) atoms. The van der Waals surface area contributed by atoms with E-state index in [0.29, 0.717) is 0 Å². The zero-order chi connectivity index (χ0) is 11.1. The van der Waals surface area contributed by atoms with Gasteiger partial charge >= 0.3 is 0 Å². The molecule has 1 aliphatic heterocycles. The largest absolute Gasteiger partial charge is 0.305 e. The molecule has 1 aliphatic rings. The molecular formula is C13H24N2. The van der Waals surface area contributed by atoms with Gasteiger partial charge in [-0.25, -0.2) is 0 Å². The maximum atomic E-state index is 5.29. The maximum Gasteiger partial charge on any atom is 0.0220 e. The number of unbranched alkanes of at least 4 members (excludes halogenated alkanes) is 1. The van der Waals surface area contributed by atoms with Gasteiger partial charge in [0, 0.05) is 19.0 Å². The summed E-state index contributed by atoms with van der Waals surface area (Å²) >= 11 is 0. The Labute approximate surface area is 94.6 Å². The minimum atomic E-state index is 0.732. The number of hydrogen-bond donors (Lipinski definition) is 0. The predicted molar refractivity (Wildman–Crippen MR) is 65.8 cm³/mol. The molecule has 1 heterocycles. The van der Waals surface area contributed by atoms with Crippen LogP contribution in [0, 0.1) is 12.3 Å². The fraction of sp³-hybridized carbons (Fsp3) is 0.846. The summed E-state index contributed by atoms with van der Waals surface area (Å²) in [5.41, 5.74) is 0. The molecule has 0 bridgehead atoms. The van der Waals surface area contributed by atoms with Crippen LogP contribution in [0.3, 0.4) is 0 Å². The van der Waals surface area contributed by atoms with E-state index >= 15 is 0 Å². The molecule has 1 rings (SSSR count). The average Bonchev–Trinajstić information content (AvgIpc) is 2.41. The van der Waals surface area contributed by atoms with Gasteiger partial charge in [0.1, 0.15) is 0 Å². The van der Waals surface area contributed by atoms with Crippen molar-refractivity contribution in [2.45, 2.75) is 38.6 Å². The summed E-state index contributed by atoms with van der Waals surface area (Å²) in [6.07, 6.45) is 9.90. The van der Waals surface area contributed by atoms with E-state index in [2.05, 4.69) is 29.7 Å². The van der Waals surface area contributed by atoms with Crippen LogP contribution in [0.15, 0.2) is 0 Å². The molecular weight excluding hydrogens is 184 g/mol. The van der Waals surface area contributed by atoms with Gasteiger partial charge < -0.3 is 4.90 Å². The second kappa shape index (κ2) is 6.87. The van der Waals surface area contributed by atoms with Crippen molar-refractivity contribution in [3.63, 3.8) is 0 Å². The van der Waals surface area contributed by atoms with Crippen molar-refractivity contribution < 1.29 is 0 Å². The van der Waals surface area contributed by atoms with Crippen molar-refractivity contribution in [3.8, 4) is 12.3 Å². The number of hydrogen-bond acceptors (Lipinski definition) is 2. The van der Waals surface area contributed by atoms with Gasteiger partial charge in [-0.05, 0) is 45.9 Å². The van der Waals surface area contributed by atoms with Gasteiger partial charge in [-0.15, -0.1) is 12.3 Å². The van der Waals surface area contributed by atoms with Crippen molar-refractivity contribution in [1.82, 2.24) is 9.80 Å². The topological polar surface area (TPSA) is 6.48 Å². The molecule has 0 radical (unpaired) electrons. The van der Waals surface area contributed by atoms with Crippen LogP contribution in [0.2, 0.25) is 0 Å². The van der Waals surface area contributed by atoms with Gasteiger partial charge in [0.2, 0.25) is 0 Å². The van der Waals surface area contributed by atoms with Gasteiger partial charge in [0.05, 0.1) is 0 Å². The summed E-state index contributed by atoms with van der Waals surface area (Å²) in [6, 6.07) is 0.732. The minimum absolute atomic E-state index is 0.732. The Morgan fingerprint density at radius 2 is 2.20 bits per heavy atom. The predicted octanol–water partition coefficient (Wildman–Crippen LogP) is 1.82. The summed E-state index contributed by atoms with van der Waals surface area (Å²) in [5, 5.41) is 0. The fourth-order valence-electron chi connectivity index (χ4n) is 2.36. The minimum Gasteiger partial charge on any atom is -0.305 e. The van der Waals surface area contributed by atoms with Gasteiger partial charge in [0.25, 0.3) is 0 Å². The van der Waals surface area contributed by atoms with E-state index in [1.165, 1.54) is 39.0 Å². The first-order valence-corrected chi connectivity index (χ1v) is 6.14. The molecule has 1 atom stereocenters. The Bertz CT molecular complexity index is 207. The summed E-state index contributed by atoms with van der Waals surface area (Å²) in [6.45, 7) is 7.16. The van der Waals surface area contributed by atoms with Gasteiger partial charge in [-0.1, -0.05) is 6.92 Å². The van der Waals surface area contributed by atoms with E-state index in [-0.39, 0.29) is 0 Å². The number of nitrogens with zero attached hydrogens (tertiary/aromatic N) is 2. The van der Waals surface area contributed by atoms with Crippen LogP contribution in [-0.4, -0.2) is 49.1 Å². The van der Waals surface area contributed by atoms with Gasteiger partial charge in [-0.3, -0.25) is 4.90 Å². The Balaban J connectivity index is 2.41. The third-order valence-electron chi connectivity index (χ3n) is 3.26. The van der Waals surface area contributed by atoms with E-state index in [1.54, 1.807) is 0 Å². The lowest BCUT2D eigenvalue weighted by Gasteiger charge is -2.29. The molecule has 2 nitrogen and oxygen atoms in total. The van der Waals surface area contributed by atoms with E-state index in [9.17, 15) is 0 Å². The van der Waals surface area contributed by atoms with Crippen molar-refractivity contribution in [2.24, 2.45) is 0 Å². The van der Waals surface area contributed by atoms with Gasteiger partial charge in [0.15, 0.2) is 0 Å². The van der Waals surface area contributed by atoms with Crippen molar-refractivity contribution in [3.05, 3.63) is 0 Å². The molecule has 0 saturated carbocycles. The van der Waals surface area contributed by atoms with E-state index in [1.807, 2.05) is 0 Å². The molecule has 0 aliphatic carbocycles. The van der Waals surface area contributed by atoms with Crippen LogP contribution >= 0.6 is 0 Å². The average molecular weight is 208 g/mol. The molecule has 0 amide bonds. The molecule has 0 aromatic carbocycles. The van der Waals surface area contributed by atoms with Crippen molar-refractivity contribution >= 4 is 0 Å². The van der Waals surface area contributed by atoms with Crippen molar-refractivity contribution in [2.75, 3.05) is 33.2 Å². The summed E-state index contributed by atoms with van der Waals surface area (Å²) < 4.78 is 0. The highest BCUT2D eigenvalue weighted by Crippen LogP contribution is 2.12. The highest BCUT2D eigenvalue weighted by molar-refractivity contribution is 4.84. The molecule has 0 N–H and O–H groups in total. The molecule has 0 aromatic rings. The van der Waals surface area contributed by atoms with Crippen LogP contribution in [0.4, 0.5) is 0 Å². The molecule has 0 spiro atoms. The number of likely N-dealkylation sites (N-methyl/N-ethyl adjacent to an activating group) is 1. The lowest BCUT2D eigenvalue weighted by atomic mass is 10.1. The highest BCUT2D eigenvalue weighted by atomic mass is 15.2. The molecule has 1 fully saturated rings. The molecule has 86 valence electrons. The molecule has 2 heteroatoms. The van der Waals surface area contributed by atoms with Crippen LogP contribution in [0.5, 0.6) is 0 Å². The first kappa shape index (κ1) is 12.5. The van der Waals surface area contributed by atoms with Crippen LogP contribution in [0.25, 0.3) is 0 Å².